The molecule has 8 nitrogen and oxygen atoms in total. The van der Waals surface area contributed by atoms with Gasteiger partial charge in [-0.05, 0) is 29.8 Å². The van der Waals surface area contributed by atoms with Gasteiger partial charge in [0.15, 0.2) is 22.8 Å². The van der Waals surface area contributed by atoms with Crippen LogP contribution in [0.15, 0.2) is 89.6 Å². The van der Waals surface area contributed by atoms with Gasteiger partial charge >= 0.3 is 0 Å². The van der Waals surface area contributed by atoms with E-state index in [9.17, 15) is 4.39 Å². The molecule has 6 aromatic rings. The Kier molecular flexibility index (Phi) is 7.22. The monoisotopic (exact) mass is 521 g/mol. The van der Waals surface area contributed by atoms with Crippen LogP contribution in [-0.2, 0) is 25.9 Å². The number of imidazole rings is 1. The van der Waals surface area contributed by atoms with Gasteiger partial charge in [0.2, 0.25) is 0 Å². The van der Waals surface area contributed by atoms with Crippen LogP contribution >= 0.6 is 0 Å². The van der Waals surface area contributed by atoms with Gasteiger partial charge in [-0.1, -0.05) is 42.5 Å². The second-order valence-electron chi connectivity index (χ2n) is 9.24. The number of para-hydroxylation sites is 2. The molecule has 0 saturated carbocycles. The molecule has 0 aliphatic heterocycles. The van der Waals surface area contributed by atoms with Crippen molar-refractivity contribution >= 4 is 28.0 Å². The maximum absolute atomic E-state index is 13.9. The maximum Gasteiger partial charge on any atom is 0.196 e. The summed E-state index contributed by atoms with van der Waals surface area (Å²) < 4.78 is 22.2. The van der Waals surface area contributed by atoms with E-state index < -0.39 is 0 Å². The number of nitrogens with zero attached hydrogens (tertiary/aromatic N) is 5. The quantitative estimate of drug-likeness (QED) is 0.228. The van der Waals surface area contributed by atoms with E-state index in [4.69, 9.17) is 9.40 Å². The highest BCUT2D eigenvalue weighted by atomic mass is 19.1. The predicted molar refractivity (Wildman–Crippen MR) is 149 cm³/mol. The highest BCUT2D eigenvalue weighted by Gasteiger charge is 2.13. The Morgan fingerprint density at radius 2 is 1.67 bits per heavy atom. The number of rotatable bonds is 11. The molecule has 0 spiro atoms. The summed E-state index contributed by atoms with van der Waals surface area (Å²) in [6, 6.07) is 23.5. The molecule has 0 aliphatic rings. The molecule has 0 fully saturated rings. The van der Waals surface area contributed by atoms with Crippen LogP contribution in [0.4, 0.5) is 10.2 Å². The minimum absolute atomic E-state index is 0.206. The fraction of sp³-hybridized carbons (Fsp3) is 0.200. The van der Waals surface area contributed by atoms with E-state index in [1.165, 1.54) is 11.6 Å². The van der Waals surface area contributed by atoms with Gasteiger partial charge in [-0.3, -0.25) is 4.98 Å². The van der Waals surface area contributed by atoms with Crippen molar-refractivity contribution in [1.29, 1.82) is 0 Å². The molecule has 2 N–H and O–H groups in total. The number of anilines is 1. The van der Waals surface area contributed by atoms with Gasteiger partial charge in [0.1, 0.15) is 11.6 Å². The first-order valence-corrected chi connectivity index (χ1v) is 13.0. The van der Waals surface area contributed by atoms with Crippen molar-refractivity contribution in [1.82, 2.24) is 29.8 Å². The van der Waals surface area contributed by atoms with E-state index in [0.717, 1.165) is 36.4 Å². The Balaban J connectivity index is 1.07. The molecule has 6 rings (SSSR count). The van der Waals surface area contributed by atoms with Gasteiger partial charge in [0.25, 0.3) is 0 Å². The number of benzene rings is 2. The fourth-order valence-corrected chi connectivity index (χ4v) is 4.63. The number of hydrogen-bond donors (Lipinski definition) is 2. The predicted octanol–water partition coefficient (Wildman–Crippen LogP) is 5.14. The molecule has 0 amide bonds. The summed E-state index contributed by atoms with van der Waals surface area (Å²) in [4.78, 5) is 18.0. The van der Waals surface area contributed by atoms with Crippen molar-refractivity contribution in [2.24, 2.45) is 0 Å². The standard InChI is InChI=1S/C30H28FN7O/c31-22-9-6-15-33-24(22)19-35-30-29-26(12-18-34-30)39-28(37-29)14-17-32-16-13-27-36-23-10-4-5-11-25(23)38(27)20-21-7-2-1-3-8-21/h1-12,15,18,32H,13-14,16-17,19-20H2,(H,34,35). The van der Waals surface area contributed by atoms with Crippen LogP contribution in [0.5, 0.6) is 0 Å². The summed E-state index contributed by atoms with van der Waals surface area (Å²) in [6.07, 6.45) is 4.64. The van der Waals surface area contributed by atoms with Gasteiger partial charge in [-0.2, -0.15) is 0 Å². The summed E-state index contributed by atoms with van der Waals surface area (Å²) >= 11 is 0. The van der Waals surface area contributed by atoms with Gasteiger partial charge < -0.3 is 19.6 Å². The second kappa shape index (κ2) is 11.4. The topological polar surface area (TPSA) is 93.7 Å². The molecular weight excluding hydrogens is 493 g/mol. The van der Waals surface area contributed by atoms with E-state index in [1.807, 2.05) is 12.1 Å². The third-order valence-electron chi connectivity index (χ3n) is 6.57. The Morgan fingerprint density at radius 1 is 0.821 bits per heavy atom. The van der Waals surface area contributed by atoms with Gasteiger partial charge in [-0.15, -0.1) is 0 Å². The summed E-state index contributed by atoms with van der Waals surface area (Å²) in [5, 5.41) is 6.62. The van der Waals surface area contributed by atoms with Crippen molar-refractivity contribution in [3.63, 3.8) is 0 Å². The molecule has 2 aromatic carbocycles. The highest BCUT2D eigenvalue weighted by Crippen LogP contribution is 2.22. The fourth-order valence-electron chi connectivity index (χ4n) is 4.63. The normalized spacial score (nSPS) is 11.4. The molecule has 0 aliphatic carbocycles. The van der Waals surface area contributed by atoms with Crippen molar-refractivity contribution in [3.8, 4) is 0 Å². The van der Waals surface area contributed by atoms with Crippen LogP contribution in [0, 0.1) is 5.82 Å². The first-order valence-electron chi connectivity index (χ1n) is 13.0. The average molecular weight is 522 g/mol. The average Bonchev–Trinajstić information content (AvgIpc) is 3.54. The minimum atomic E-state index is -0.361. The van der Waals surface area contributed by atoms with Crippen LogP contribution < -0.4 is 10.6 Å². The largest absolute Gasteiger partial charge is 0.440 e. The number of fused-ring (bicyclic) bond motifs is 2. The number of halogens is 1. The lowest BCUT2D eigenvalue weighted by Gasteiger charge is -2.10. The first-order chi connectivity index (χ1) is 19.2. The lowest BCUT2D eigenvalue weighted by molar-refractivity contribution is 0.514. The summed E-state index contributed by atoms with van der Waals surface area (Å²) in [7, 11) is 0. The summed E-state index contributed by atoms with van der Waals surface area (Å²) in [5.74, 6) is 1.85. The highest BCUT2D eigenvalue weighted by molar-refractivity contribution is 5.83. The van der Waals surface area contributed by atoms with Crippen LogP contribution in [0.2, 0.25) is 0 Å². The van der Waals surface area contributed by atoms with Crippen LogP contribution in [0.25, 0.3) is 22.1 Å². The van der Waals surface area contributed by atoms with E-state index in [1.54, 1.807) is 24.5 Å². The Labute approximate surface area is 225 Å². The summed E-state index contributed by atoms with van der Waals surface area (Å²) in [6.45, 7) is 2.48. The van der Waals surface area contributed by atoms with Crippen LogP contribution in [-0.4, -0.2) is 37.6 Å². The lowest BCUT2D eigenvalue weighted by atomic mass is 10.2. The zero-order valence-electron chi connectivity index (χ0n) is 21.3. The van der Waals surface area contributed by atoms with E-state index in [2.05, 4.69) is 72.6 Å². The van der Waals surface area contributed by atoms with E-state index >= 15 is 0 Å². The van der Waals surface area contributed by atoms with Gasteiger partial charge in [-0.25, -0.2) is 19.3 Å². The summed E-state index contributed by atoms with van der Waals surface area (Å²) in [5.41, 5.74) is 4.99. The molecule has 0 radical (unpaired) electrons. The van der Waals surface area contributed by atoms with E-state index in [0.29, 0.717) is 41.5 Å². The Hall–Kier alpha value is -4.63. The van der Waals surface area contributed by atoms with Crippen molar-refractivity contribution in [2.75, 3.05) is 18.4 Å². The zero-order chi connectivity index (χ0) is 26.4. The molecule has 196 valence electrons. The van der Waals surface area contributed by atoms with Gasteiger partial charge in [0, 0.05) is 50.9 Å². The minimum Gasteiger partial charge on any atom is -0.440 e. The van der Waals surface area contributed by atoms with Crippen molar-refractivity contribution < 1.29 is 8.81 Å². The van der Waals surface area contributed by atoms with Gasteiger partial charge in [0.05, 0.1) is 23.3 Å². The molecule has 0 saturated heterocycles. The van der Waals surface area contributed by atoms with Crippen molar-refractivity contribution in [3.05, 3.63) is 114 Å². The molecule has 9 heteroatoms. The first kappa shape index (κ1) is 24.7. The SMILES string of the molecule is Fc1cccnc1CNc1nccc2oc(CCNCCc3nc4ccccc4n3Cc3ccccc3)nc12. The van der Waals surface area contributed by atoms with Crippen molar-refractivity contribution in [2.45, 2.75) is 25.9 Å². The molecular formula is C30H28FN7O. The molecule has 4 heterocycles. The van der Waals surface area contributed by atoms with Crippen LogP contribution in [0.1, 0.15) is 23.0 Å². The lowest BCUT2D eigenvalue weighted by Crippen LogP contribution is -2.21. The third-order valence-corrected chi connectivity index (χ3v) is 6.57. The molecule has 0 unspecified atom stereocenters. The number of oxazole rings is 1. The molecule has 4 aromatic heterocycles. The molecule has 0 atom stereocenters. The molecule has 0 bridgehead atoms. The van der Waals surface area contributed by atoms with Crippen LogP contribution in [0.3, 0.4) is 0 Å². The third kappa shape index (κ3) is 5.63. The Bertz CT molecular complexity index is 1700. The molecule has 39 heavy (non-hydrogen) atoms. The maximum atomic E-state index is 13.9. The smallest absolute Gasteiger partial charge is 0.196 e. The number of nitrogens with one attached hydrogen (secondary N) is 2. The Morgan fingerprint density at radius 3 is 2.56 bits per heavy atom. The van der Waals surface area contributed by atoms with E-state index in [-0.39, 0.29) is 12.4 Å². The number of hydrogen-bond acceptors (Lipinski definition) is 7. The number of pyridine rings is 2. The second-order valence-corrected chi connectivity index (χ2v) is 9.24. The zero-order valence-corrected chi connectivity index (χ0v) is 21.3. The number of aromatic nitrogens is 5.